The smallest absolute Gasteiger partial charge is 0.434 e. The fourth-order valence-electron chi connectivity index (χ4n) is 2.77. The number of nitrogens with one attached hydrogen (secondary N) is 2. The number of nitrogens with zero attached hydrogens (tertiary/aromatic N) is 2. The van der Waals surface area contributed by atoms with Gasteiger partial charge >= 0.3 is 12.1 Å². The van der Waals surface area contributed by atoms with Gasteiger partial charge in [0.2, 0.25) is 5.91 Å². The molecule has 0 fully saturated rings. The van der Waals surface area contributed by atoms with Crippen LogP contribution in [-0.2, 0) is 15.7 Å². The van der Waals surface area contributed by atoms with E-state index >= 15 is 0 Å². The third-order valence-electron chi connectivity index (χ3n) is 4.56. The standard InChI is InChI=1S/C21H25F3N4O4/c1-4-13(3)27-17(29)10-11-25-19(30)14-6-8-15(9-7-14)28-18(21(22,23)24)16(12-26-28)20(31)32-5-2/h6-9,12-13H,4-5,10-11H2,1-3H3,(H,25,30)(H,27,29). The number of hydrogen-bond acceptors (Lipinski definition) is 5. The zero-order valence-electron chi connectivity index (χ0n) is 18.0. The molecule has 0 radical (unpaired) electrons. The van der Waals surface area contributed by atoms with Crippen molar-refractivity contribution in [3.05, 3.63) is 47.3 Å². The number of ether oxygens (including phenoxy) is 1. The lowest BCUT2D eigenvalue weighted by Gasteiger charge is -2.13. The number of carbonyl (C=O) groups is 3. The summed E-state index contributed by atoms with van der Waals surface area (Å²) in [7, 11) is 0. The molecule has 0 saturated carbocycles. The minimum Gasteiger partial charge on any atom is -0.462 e. The number of hydrogen-bond donors (Lipinski definition) is 2. The van der Waals surface area contributed by atoms with Crippen LogP contribution < -0.4 is 10.6 Å². The van der Waals surface area contributed by atoms with Crippen LogP contribution in [0.4, 0.5) is 13.2 Å². The fourth-order valence-corrected chi connectivity index (χ4v) is 2.77. The first-order valence-corrected chi connectivity index (χ1v) is 10.1. The molecule has 8 nitrogen and oxygen atoms in total. The molecule has 174 valence electrons. The Morgan fingerprint density at radius 1 is 1.16 bits per heavy atom. The summed E-state index contributed by atoms with van der Waals surface area (Å²) in [6.45, 7) is 5.33. The molecule has 2 aromatic rings. The predicted octanol–water partition coefficient (Wildman–Crippen LogP) is 3.10. The Morgan fingerprint density at radius 3 is 2.38 bits per heavy atom. The lowest BCUT2D eigenvalue weighted by molar-refractivity contribution is -0.143. The largest absolute Gasteiger partial charge is 0.462 e. The molecule has 1 aromatic heterocycles. The first-order valence-electron chi connectivity index (χ1n) is 10.1. The molecule has 1 aromatic carbocycles. The van der Waals surface area contributed by atoms with Gasteiger partial charge in [0.15, 0.2) is 5.69 Å². The number of aromatic nitrogens is 2. The van der Waals surface area contributed by atoms with Gasteiger partial charge in [-0.1, -0.05) is 6.92 Å². The van der Waals surface area contributed by atoms with Crippen LogP contribution in [0.1, 0.15) is 60.0 Å². The second-order valence-electron chi connectivity index (χ2n) is 6.97. The number of amides is 2. The molecule has 32 heavy (non-hydrogen) atoms. The Kier molecular flexibility index (Phi) is 8.39. The van der Waals surface area contributed by atoms with Gasteiger partial charge in [-0.25, -0.2) is 9.48 Å². The van der Waals surface area contributed by atoms with E-state index < -0.39 is 29.3 Å². The molecule has 1 heterocycles. The lowest BCUT2D eigenvalue weighted by atomic mass is 10.1. The maximum Gasteiger partial charge on any atom is 0.434 e. The quantitative estimate of drug-likeness (QED) is 0.567. The van der Waals surface area contributed by atoms with Gasteiger partial charge in [0.1, 0.15) is 5.56 Å². The van der Waals surface area contributed by atoms with E-state index in [2.05, 4.69) is 20.5 Å². The Balaban J connectivity index is 2.11. The van der Waals surface area contributed by atoms with E-state index in [1.807, 2.05) is 13.8 Å². The molecule has 1 atom stereocenters. The van der Waals surface area contributed by atoms with Crippen molar-refractivity contribution in [2.75, 3.05) is 13.2 Å². The summed E-state index contributed by atoms with van der Waals surface area (Å²) in [6, 6.07) is 5.26. The number of halogens is 3. The average Bonchev–Trinajstić information content (AvgIpc) is 3.20. The van der Waals surface area contributed by atoms with E-state index in [0.717, 1.165) is 12.6 Å². The minimum absolute atomic E-state index is 0.0114. The van der Waals surface area contributed by atoms with Crippen LogP contribution in [0.15, 0.2) is 30.5 Å². The van der Waals surface area contributed by atoms with Gasteiger partial charge in [-0.15, -0.1) is 0 Å². The molecule has 0 spiro atoms. The van der Waals surface area contributed by atoms with Gasteiger partial charge in [0, 0.05) is 24.6 Å². The van der Waals surface area contributed by atoms with Crippen LogP contribution in [0.5, 0.6) is 0 Å². The normalized spacial score (nSPS) is 12.2. The number of benzene rings is 1. The molecule has 0 saturated heterocycles. The zero-order valence-corrected chi connectivity index (χ0v) is 18.0. The van der Waals surface area contributed by atoms with Crippen LogP contribution in [0, 0.1) is 0 Å². The first kappa shape index (κ1) is 24.9. The van der Waals surface area contributed by atoms with Gasteiger partial charge in [-0.05, 0) is 44.5 Å². The van der Waals surface area contributed by atoms with E-state index in [-0.39, 0.29) is 42.8 Å². The van der Waals surface area contributed by atoms with Gasteiger partial charge in [-0.2, -0.15) is 18.3 Å². The summed E-state index contributed by atoms with van der Waals surface area (Å²) >= 11 is 0. The van der Waals surface area contributed by atoms with E-state index in [4.69, 9.17) is 0 Å². The Hall–Kier alpha value is -3.37. The molecule has 11 heteroatoms. The molecule has 2 N–H and O–H groups in total. The van der Waals surface area contributed by atoms with Gasteiger partial charge in [0.25, 0.3) is 5.91 Å². The topological polar surface area (TPSA) is 102 Å². The molecule has 0 bridgehead atoms. The molecule has 0 aliphatic rings. The highest BCUT2D eigenvalue weighted by atomic mass is 19.4. The first-order chi connectivity index (χ1) is 15.1. The van der Waals surface area contributed by atoms with Crippen LogP contribution in [0.2, 0.25) is 0 Å². The minimum atomic E-state index is -4.86. The molecule has 0 aliphatic heterocycles. The van der Waals surface area contributed by atoms with Crippen molar-refractivity contribution < 1.29 is 32.3 Å². The summed E-state index contributed by atoms with van der Waals surface area (Å²) in [5.41, 5.74) is -1.75. The summed E-state index contributed by atoms with van der Waals surface area (Å²) in [4.78, 5) is 35.8. The van der Waals surface area contributed by atoms with E-state index in [1.54, 1.807) is 0 Å². The van der Waals surface area contributed by atoms with Crippen LogP contribution in [0.3, 0.4) is 0 Å². The third-order valence-corrected chi connectivity index (χ3v) is 4.56. The van der Waals surface area contributed by atoms with Gasteiger partial charge in [0.05, 0.1) is 18.5 Å². The fraction of sp³-hybridized carbons (Fsp3) is 0.429. The van der Waals surface area contributed by atoms with Gasteiger partial charge in [-0.3, -0.25) is 9.59 Å². The second kappa shape index (κ2) is 10.8. The van der Waals surface area contributed by atoms with Crippen LogP contribution in [-0.4, -0.2) is 46.8 Å². The number of esters is 1. The molecule has 1 unspecified atom stereocenters. The van der Waals surface area contributed by atoms with Gasteiger partial charge < -0.3 is 15.4 Å². The van der Waals surface area contributed by atoms with E-state index in [9.17, 15) is 27.6 Å². The Labute approximate surface area is 183 Å². The van der Waals surface area contributed by atoms with Crippen molar-refractivity contribution in [1.29, 1.82) is 0 Å². The molecular weight excluding hydrogens is 429 g/mol. The second-order valence-corrected chi connectivity index (χ2v) is 6.97. The van der Waals surface area contributed by atoms with Crippen molar-refractivity contribution in [3.8, 4) is 5.69 Å². The lowest BCUT2D eigenvalue weighted by Crippen LogP contribution is -2.35. The monoisotopic (exact) mass is 454 g/mol. The number of alkyl halides is 3. The molecule has 2 amide bonds. The van der Waals surface area contributed by atoms with Crippen LogP contribution in [0.25, 0.3) is 5.69 Å². The Morgan fingerprint density at radius 2 is 1.81 bits per heavy atom. The van der Waals surface area contributed by atoms with Crippen molar-refractivity contribution in [2.24, 2.45) is 0 Å². The highest BCUT2D eigenvalue weighted by Crippen LogP contribution is 2.34. The summed E-state index contributed by atoms with van der Waals surface area (Å²) in [6.07, 6.45) is -3.17. The summed E-state index contributed by atoms with van der Waals surface area (Å²) in [5.74, 6) is -1.79. The summed E-state index contributed by atoms with van der Waals surface area (Å²) < 4.78 is 46.0. The van der Waals surface area contributed by atoms with E-state index in [1.165, 1.54) is 31.2 Å². The maximum atomic E-state index is 13.6. The number of rotatable bonds is 9. The molecule has 2 rings (SSSR count). The summed E-state index contributed by atoms with van der Waals surface area (Å²) in [5, 5.41) is 9.05. The number of carbonyl (C=O) groups excluding carboxylic acids is 3. The maximum absolute atomic E-state index is 13.6. The zero-order chi connectivity index (χ0) is 23.9. The highest BCUT2D eigenvalue weighted by Gasteiger charge is 2.41. The third kappa shape index (κ3) is 6.32. The van der Waals surface area contributed by atoms with Crippen molar-refractivity contribution in [3.63, 3.8) is 0 Å². The highest BCUT2D eigenvalue weighted by molar-refractivity contribution is 5.94. The predicted molar refractivity (Wildman–Crippen MR) is 109 cm³/mol. The molecule has 0 aliphatic carbocycles. The average molecular weight is 454 g/mol. The van der Waals surface area contributed by atoms with E-state index in [0.29, 0.717) is 4.68 Å². The molecular formula is C21H25F3N4O4. The van der Waals surface area contributed by atoms with Crippen molar-refractivity contribution in [1.82, 2.24) is 20.4 Å². The Bertz CT molecular complexity index is 955. The SMILES string of the molecule is CCOC(=O)c1cnn(-c2ccc(C(=O)NCCC(=O)NC(C)CC)cc2)c1C(F)(F)F. The van der Waals surface area contributed by atoms with Crippen molar-refractivity contribution in [2.45, 2.75) is 45.8 Å². The van der Waals surface area contributed by atoms with Crippen molar-refractivity contribution >= 4 is 17.8 Å². The van der Waals surface area contributed by atoms with Crippen LogP contribution >= 0.6 is 0 Å².